The Labute approximate surface area is 129 Å². The van der Waals surface area contributed by atoms with Crippen LogP contribution in [0.25, 0.3) is 0 Å². The number of benzene rings is 1. The summed E-state index contributed by atoms with van der Waals surface area (Å²) in [7, 11) is 1.93. The molecule has 2 nitrogen and oxygen atoms in total. The quantitative estimate of drug-likeness (QED) is 0.773. The smallest absolute Gasteiger partial charge is 0.231 e. The molecule has 0 spiro atoms. The summed E-state index contributed by atoms with van der Waals surface area (Å²) in [5.41, 5.74) is 1.19. The summed E-state index contributed by atoms with van der Waals surface area (Å²) in [5.74, 6) is 1.11. The van der Waals surface area contributed by atoms with Crippen LogP contribution in [0.15, 0.2) is 29.2 Å². The third kappa shape index (κ3) is 2.58. The van der Waals surface area contributed by atoms with Crippen molar-refractivity contribution in [1.82, 2.24) is 4.90 Å². The van der Waals surface area contributed by atoms with Gasteiger partial charge >= 0.3 is 0 Å². The number of amides is 1. The highest BCUT2D eigenvalue weighted by Gasteiger charge is 2.36. The molecule has 0 radical (unpaired) electrons. The number of alkyl halides is 1. The van der Waals surface area contributed by atoms with Gasteiger partial charge in [0.15, 0.2) is 0 Å². The second-order valence-corrected chi connectivity index (χ2v) is 7.34. The Hall–Kier alpha value is -0.670. The van der Waals surface area contributed by atoms with Crippen LogP contribution in [0, 0.1) is 0 Å². The second-order valence-electron chi connectivity index (χ2n) is 5.72. The van der Waals surface area contributed by atoms with Crippen molar-refractivity contribution in [2.45, 2.75) is 47.9 Å². The van der Waals surface area contributed by atoms with Crippen LogP contribution in [0.3, 0.4) is 0 Å². The van der Waals surface area contributed by atoms with Gasteiger partial charge in [0.25, 0.3) is 0 Å². The number of halogens is 1. The first kappa shape index (κ1) is 14.3. The minimum absolute atomic E-state index is 0.00648. The zero-order valence-corrected chi connectivity index (χ0v) is 13.3. The lowest BCUT2D eigenvalue weighted by atomic mass is 9.92. The summed E-state index contributed by atoms with van der Waals surface area (Å²) in [6.45, 7) is 0. The van der Waals surface area contributed by atoms with Crippen molar-refractivity contribution in [2.24, 2.45) is 0 Å². The summed E-state index contributed by atoms with van der Waals surface area (Å²) in [5, 5.41) is 0.113. The predicted octanol–water partition coefficient (Wildman–Crippen LogP) is 3.88. The number of hydrogen-bond acceptors (Lipinski definition) is 2. The van der Waals surface area contributed by atoms with Gasteiger partial charge in [-0.3, -0.25) is 4.79 Å². The van der Waals surface area contributed by atoms with Gasteiger partial charge in [-0.25, -0.2) is 0 Å². The molecule has 108 valence electrons. The summed E-state index contributed by atoms with van der Waals surface area (Å²) >= 11 is 8.22. The predicted molar refractivity (Wildman–Crippen MR) is 84.6 cm³/mol. The first-order valence-electron chi connectivity index (χ1n) is 7.31. The highest BCUT2D eigenvalue weighted by atomic mass is 35.5. The van der Waals surface area contributed by atoms with Crippen molar-refractivity contribution < 1.29 is 4.79 Å². The van der Waals surface area contributed by atoms with Crippen molar-refractivity contribution in [2.75, 3.05) is 12.8 Å². The molecule has 1 aliphatic heterocycles. The second kappa shape index (κ2) is 5.98. The molecule has 3 unspecified atom stereocenters. The average molecular weight is 310 g/mol. The standard InChI is InChI=1S/C16H20ClNOS/c1-18(14-8-4-3-7-13(14)17)16(19)12-10-20-15-9-5-2-6-11(12)15/h2,5-6,9,12-14H,3-4,7-8,10H2,1H3. The van der Waals surface area contributed by atoms with Crippen LogP contribution in [0.4, 0.5) is 0 Å². The molecule has 3 atom stereocenters. The maximum absolute atomic E-state index is 12.8. The lowest BCUT2D eigenvalue weighted by Gasteiger charge is -2.36. The minimum atomic E-state index is 0.00648. The fourth-order valence-corrected chi connectivity index (χ4v) is 4.95. The number of nitrogens with zero attached hydrogens (tertiary/aromatic N) is 1. The Kier molecular flexibility index (Phi) is 4.27. The first-order chi connectivity index (χ1) is 9.68. The van der Waals surface area contributed by atoms with E-state index in [2.05, 4.69) is 12.1 Å². The molecule has 0 N–H and O–H groups in total. The van der Waals surface area contributed by atoms with Crippen LogP contribution < -0.4 is 0 Å². The third-order valence-electron chi connectivity index (χ3n) is 4.49. The highest BCUT2D eigenvalue weighted by molar-refractivity contribution is 7.99. The highest BCUT2D eigenvalue weighted by Crippen LogP contribution is 2.41. The molecule has 3 rings (SSSR count). The molecule has 1 saturated carbocycles. The summed E-state index contributed by atoms with van der Waals surface area (Å²) in [4.78, 5) is 16.0. The number of rotatable bonds is 2. The third-order valence-corrected chi connectivity index (χ3v) is 6.18. The van der Waals surface area contributed by atoms with Crippen LogP contribution in [0.2, 0.25) is 0 Å². The molecule has 1 aromatic carbocycles. The van der Waals surface area contributed by atoms with E-state index in [-0.39, 0.29) is 23.2 Å². The number of carbonyl (C=O) groups excluding carboxylic acids is 1. The Morgan fingerprint density at radius 2 is 2.05 bits per heavy atom. The molecule has 0 saturated heterocycles. The molecule has 4 heteroatoms. The monoisotopic (exact) mass is 309 g/mol. The van der Waals surface area contributed by atoms with Gasteiger partial charge in [0.1, 0.15) is 0 Å². The van der Waals surface area contributed by atoms with Gasteiger partial charge < -0.3 is 4.90 Å². The molecule has 1 aliphatic carbocycles. The number of carbonyl (C=O) groups is 1. The van der Waals surface area contributed by atoms with Gasteiger partial charge in [0.05, 0.1) is 11.3 Å². The molecule has 1 amide bonds. The lowest BCUT2D eigenvalue weighted by Crippen LogP contribution is -2.46. The number of hydrogen-bond donors (Lipinski definition) is 0. The van der Waals surface area contributed by atoms with E-state index in [1.54, 1.807) is 11.8 Å². The van der Waals surface area contributed by atoms with Crippen LogP contribution in [-0.2, 0) is 4.79 Å². The molecule has 0 aromatic heterocycles. The van der Waals surface area contributed by atoms with E-state index < -0.39 is 0 Å². The van der Waals surface area contributed by atoms with Crippen molar-refractivity contribution in [3.63, 3.8) is 0 Å². The van der Waals surface area contributed by atoms with E-state index in [1.807, 2.05) is 24.1 Å². The Balaban J connectivity index is 1.76. The number of fused-ring (bicyclic) bond motifs is 1. The Bertz CT molecular complexity index is 507. The fraction of sp³-hybridized carbons (Fsp3) is 0.562. The van der Waals surface area contributed by atoms with Crippen molar-refractivity contribution in [3.8, 4) is 0 Å². The minimum Gasteiger partial charge on any atom is -0.341 e. The lowest BCUT2D eigenvalue weighted by molar-refractivity contribution is -0.133. The molecular formula is C16H20ClNOS. The summed E-state index contributed by atoms with van der Waals surface area (Å²) in [6.07, 6.45) is 4.44. The largest absolute Gasteiger partial charge is 0.341 e. The zero-order chi connectivity index (χ0) is 14.1. The maximum atomic E-state index is 12.8. The number of likely N-dealkylation sites (N-methyl/N-ethyl adjacent to an activating group) is 1. The van der Waals surface area contributed by atoms with Gasteiger partial charge in [0.2, 0.25) is 5.91 Å². The fourth-order valence-electron chi connectivity index (χ4n) is 3.28. The molecule has 20 heavy (non-hydrogen) atoms. The van der Waals surface area contributed by atoms with Crippen molar-refractivity contribution in [3.05, 3.63) is 29.8 Å². The normalized spacial score (nSPS) is 29.0. The van der Waals surface area contributed by atoms with Gasteiger partial charge in [-0.15, -0.1) is 23.4 Å². The van der Waals surface area contributed by atoms with E-state index >= 15 is 0 Å². The first-order valence-corrected chi connectivity index (χ1v) is 8.73. The van der Waals surface area contributed by atoms with Gasteiger partial charge in [-0.2, -0.15) is 0 Å². The number of thioether (sulfide) groups is 1. The van der Waals surface area contributed by atoms with Gasteiger partial charge in [0, 0.05) is 23.7 Å². The zero-order valence-electron chi connectivity index (χ0n) is 11.7. The maximum Gasteiger partial charge on any atom is 0.231 e. The van der Waals surface area contributed by atoms with E-state index in [0.717, 1.165) is 18.6 Å². The molecule has 0 bridgehead atoms. The SMILES string of the molecule is CN(C(=O)C1CSc2ccccc21)C1CCCCC1Cl. The van der Waals surface area contributed by atoms with Gasteiger partial charge in [-0.05, 0) is 24.5 Å². The van der Waals surface area contributed by atoms with E-state index in [0.29, 0.717) is 0 Å². The molecule has 2 aliphatic rings. The van der Waals surface area contributed by atoms with Crippen LogP contribution in [-0.4, -0.2) is 35.0 Å². The molecular weight excluding hydrogens is 290 g/mol. The molecule has 1 heterocycles. The van der Waals surface area contributed by atoms with Crippen molar-refractivity contribution >= 4 is 29.3 Å². The Morgan fingerprint density at radius 3 is 2.85 bits per heavy atom. The topological polar surface area (TPSA) is 20.3 Å². The van der Waals surface area contributed by atoms with Crippen molar-refractivity contribution in [1.29, 1.82) is 0 Å². The van der Waals surface area contributed by atoms with Crippen LogP contribution in [0.5, 0.6) is 0 Å². The average Bonchev–Trinajstić information content (AvgIpc) is 2.90. The summed E-state index contributed by atoms with van der Waals surface area (Å²) in [6, 6.07) is 8.47. The van der Waals surface area contributed by atoms with E-state index in [4.69, 9.17) is 11.6 Å². The summed E-state index contributed by atoms with van der Waals surface area (Å²) < 4.78 is 0. The Morgan fingerprint density at radius 1 is 1.30 bits per heavy atom. The molecule has 1 fully saturated rings. The van der Waals surface area contributed by atoms with Crippen LogP contribution in [0.1, 0.15) is 37.2 Å². The van der Waals surface area contributed by atoms with E-state index in [9.17, 15) is 4.79 Å². The van der Waals surface area contributed by atoms with Gasteiger partial charge in [-0.1, -0.05) is 31.0 Å². The molecule has 1 aromatic rings. The van der Waals surface area contributed by atoms with E-state index in [1.165, 1.54) is 23.3 Å². The van der Waals surface area contributed by atoms with Crippen LogP contribution >= 0.6 is 23.4 Å².